The lowest BCUT2D eigenvalue weighted by Crippen LogP contribution is -2.24. The number of amides is 1. The van der Waals surface area contributed by atoms with Crippen molar-refractivity contribution >= 4 is 33.0 Å². The SMILES string of the molecule is O=C(CS(=O)(=O)Cc1ccc(Cl)cc1)Nc1cccc(F)c1. The Morgan fingerprint density at radius 2 is 1.82 bits per heavy atom. The molecule has 0 unspecified atom stereocenters. The monoisotopic (exact) mass is 341 g/mol. The Balaban J connectivity index is 1.99. The van der Waals surface area contributed by atoms with Crippen LogP contribution in [0.1, 0.15) is 5.56 Å². The van der Waals surface area contributed by atoms with Crippen molar-refractivity contribution in [1.29, 1.82) is 0 Å². The lowest BCUT2D eigenvalue weighted by Gasteiger charge is -2.07. The summed E-state index contributed by atoms with van der Waals surface area (Å²) in [4.78, 5) is 11.7. The van der Waals surface area contributed by atoms with Gasteiger partial charge in [-0.05, 0) is 35.9 Å². The molecular formula is C15H13ClFNO3S. The summed E-state index contributed by atoms with van der Waals surface area (Å²) in [6.45, 7) is 0. The van der Waals surface area contributed by atoms with Gasteiger partial charge in [0.15, 0.2) is 9.84 Å². The van der Waals surface area contributed by atoms with Crippen molar-refractivity contribution in [3.05, 3.63) is 64.9 Å². The summed E-state index contributed by atoms with van der Waals surface area (Å²) in [6.07, 6.45) is 0. The van der Waals surface area contributed by atoms with E-state index in [1.54, 1.807) is 24.3 Å². The minimum Gasteiger partial charge on any atom is -0.325 e. The summed E-state index contributed by atoms with van der Waals surface area (Å²) in [5, 5.41) is 2.86. The first kappa shape index (κ1) is 16.5. The normalized spacial score (nSPS) is 11.2. The highest BCUT2D eigenvalue weighted by molar-refractivity contribution is 7.91. The average molecular weight is 342 g/mol. The highest BCUT2D eigenvalue weighted by atomic mass is 35.5. The second-order valence-corrected chi connectivity index (χ2v) is 7.22. The smallest absolute Gasteiger partial charge is 0.239 e. The van der Waals surface area contributed by atoms with Crippen LogP contribution in [0.4, 0.5) is 10.1 Å². The van der Waals surface area contributed by atoms with Crippen LogP contribution in [0.25, 0.3) is 0 Å². The van der Waals surface area contributed by atoms with Gasteiger partial charge in [0.2, 0.25) is 5.91 Å². The molecule has 116 valence electrons. The molecule has 1 amide bonds. The number of rotatable bonds is 5. The Kier molecular flexibility index (Phi) is 5.15. The van der Waals surface area contributed by atoms with E-state index in [1.807, 2.05) is 0 Å². The average Bonchev–Trinajstić information content (AvgIpc) is 2.40. The second-order valence-electron chi connectivity index (χ2n) is 4.72. The molecule has 2 rings (SSSR count). The summed E-state index contributed by atoms with van der Waals surface area (Å²) in [6, 6.07) is 11.6. The molecule has 1 N–H and O–H groups in total. The summed E-state index contributed by atoms with van der Waals surface area (Å²) >= 11 is 5.73. The number of carbonyl (C=O) groups excluding carboxylic acids is 1. The zero-order chi connectivity index (χ0) is 16.2. The molecule has 22 heavy (non-hydrogen) atoms. The number of sulfone groups is 1. The van der Waals surface area contributed by atoms with Gasteiger partial charge in [0.1, 0.15) is 11.6 Å². The van der Waals surface area contributed by atoms with E-state index >= 15 is 0 Å². The van der Waals surface area contributed by atoms with Crippen molar-refractivity contribution in [3.63, 3.8) is 0 Å². The predicted octanol–water partition coefficient (Wildman–Crippen LogP) is 3.03. The summed E-state index contributed by atoms with van der Waals surface area (Å²) in [7, 11) is -3.63. The minimum atomic E-state index is -3.63. The number of hydrogen-bond donors (Lipinski definition) is 1. The minimum absolute atomic E-state index is 0.215. The Labute approximate surface area is 132 Å². The molecule has 0 atom stereocenters. The third kappa shape index (κ3) is 5.13. The molecule has 0 fully saturated rings. The maximum absolute atomic E-state index is 13.0. The number of anilines is 1. The summed E-state index contributed by atoms with van der Waals surface area (Å²) < 4.78 is 37.0. The third-order valence-electron chi connectivity index (χ3n) is 2.76. The molecule has 0 spiro atoms. The molecule has 0 aliphatic rings. The van der Waals surface area contributed by atoms with Crippen molar-refractivity contribution in [1.82, 2.24) is 0 Å². The molecular weight excluding hydrogens is 329 g/mol. The lowest BCUT2D eigenvalue weighted by molar-refractivity contribution is -0.113. The Bertz CT molecular complexity index is 776. The van der Waals surface area contributed by atoms with Gasteiger partial charge in [0.05, 0.1) is 5.75 Å². The Hall–Kier alpha value is -1.92. The standard InChI is InChI=1S/C15H13ClFNO3S/c16-12-6-4-11(5-7-12)9-22(20,21)10-15(19)18-14-3-1-2-13(17)8-14/h1-8H,9-10H2,(H,18,19). The molecule has 0 heterocycles. The van der Waals surface area contributed by atoms with E-state index in [0.717, 1.165) is 6.07 Å². The molecule has 0 bridgehead atoms. The van der Waals surface area contributed by atoms with Crippen LogP contribution in [-0.4, -0.2) is 20.1 Å². The highest BCUT2D eigenvalue weighted by Crippen LogP contribution is 2.13. The lowest BCUT2D eigenvalue weighted by atomic mass is 10.2. The van der Waals surface area contributed by atoms with Crippen LogP contribution in [0.2, 0.25) is 5.02 Å². The van der Waals surface area contributed by atoms with E-state index in [-0.39, 0.29) is 11.4 Å². The Morgan fingerprint density at radius 1 is 1.14 bits per heavy atom. The largest absolute Gasteiger partial charge is 0.325 e. The van der Waals surface area contributed by atoms with Gasteiger partial charge in [0, 0.05) is 10.7 Å². The van der Waals surface area contributed by atoms with Gasteiger partial charge in [-0.15, -0.1) is 0 Å². The zero-order valence-electron chi connectivity index (χ0n) is 11.4. The van der Waals surface area contributed by atoms with Crippen molar-refractivity contribution in [2.24, 2.45) is 0 Å². The molecule has 2 aromatic rings. The van der Waals surface area contributed by atoms with Gasteiger partial charge in [-0.3, -0.25) is 4.79 Å². The van der Waals surface area contributed by atoms with Crippen LogP contribution < -0.4 is 5.32 Å². The fourth-order valence-electron chi connectivity index (χ4n) is 1.85. The van der Waals surface area contributed by atoms with Crippen LogP contribution in [0.3, 0.4) is 0 Å². The summed E-state index contributed by atoms with van der Waals surface area (Å²) in [5.41, 5.74) is 0.759. The summed E-state index contributed by atoms with van der Waals surface area (Å²) in [5.74, 6) is -2.16. The third-order valence-corrected chi connectivity index (χ3v) is 4.49. The molecule has 0 saturated carbocycles. The number of halogens is 2. The van der Waals surface area contributed by atoms with Gasteiger partial charge in [-0.25, -0.2) is 12.8 Å². The van der Waals surface area contributed by atoms with E-state index in [4.69, 9.17) is 11.6 Å². The molecule has 0 aliphatic carbocycles. The fraction of sp³-hybridized carbons (Fsp3) is 0.133. The molecule has 0 saturated heterocycles. The van der Waals surface area contributed by atoms with Gasteiger partial charge < -0.3 is 5.32 Å². The van der Waals surface area contributed by atoms with E-state index < -0.39 is 27.3 Å². The van der Waals surface area contributed by atoms with Crippen molar-refractivity contribution < 1.29 is 17.6 Å². The molecule has 0 aromatic heterocycles. The molecule has 0 radical (unpaired) electrons. The van der Waals surface area contributed by atoms with Crippen molar-refractivity contribution in [2.75, 3.05) is 11.1 Å². The van der Waals surface area contributed by atoms with Crippen molar-refractivity contribution in [3.8, 4) is 0 Å². The van der Waals surface area contributed by atoms with Crippen LogP contribution in [0.5, 0.6) is 0 Å². The van der Waals surface area contributed by atoms with E-state index in [9.17, 15) is 17.6 Å². The van der Waals surface area contributed by atoms with Gasteiger partial charge in [0.25, 0.3) is 0 Å². The van der Waals surface area contributed by atoms with Crippen molar-refractivity contribution in [2.45, 2.75) is 5.75 Å². The van der Waals surface area contributed by atoms with E-state index in [2.05, 4.69) is 5.32 Å². The molecule has 7 heteroatoms. The number of carbonyl (C=O) groups is 1. The zero-order valence-corrected chi connectivity index (χ0v) is 13.0. The predicted molar refractivity (Wildman–Crippen MR) is 84.0 cm³/mol. The first-order valence-electron chi connectivity index (χ1n) is 6.34. The van der Waals surface area contributed by atoms with Crippen LogP contribution >= 0.6 is 11.6 Å². The topological polar surface area (TPSA) is 63.2 Å². The number of hydrogen-bond acceptors (Lipinski definition) is 3. The molecule has 0 aliphatic heterocycles. The molecule has 2 aromatic carbocycles. The van der Waals surface area contributed by atoms with E-state index in [0.29, 0.717) is 10.6 Å². The number of nitrogens with one attached hydrogen (secondary N) is 1. The highest BCUT2D eigenvalue weighted by Gasteiger charge is 2.17. The molecule has 4 nitrogen and oxygen atoms in total. The Morgan fingerprint density at radius 3 is 2.45 bits per heavy atom. The second kappa shape index (κ2) is 6.89. The van der Waals surface area contributed by atoms with Crippen LogP contribution in [0.15, 0.2) is 48.5 Å². The number of benzene rings is 2. The maximum Gasteiger partial charge on any atom is 0.239 e. The quantitative estimate of drug-likeness (QED) is 0.909. The maximum atomic E-state index is 13.0. The van der Waals surface area contributed by atoms with Crippen LogP contribution in [0, 0.1) is 5.82 Å². The van der Waals surface area contributed by atoms with Crippen LogP contribution in [-0.2, 0) is 20.4 Å². The van der Waals surface area contributed by atoms with Gasteiger partial charge in [-0.2, -0.15) is 0 Å². The first-order valence-corrected chi connectivity index (χ1v) is 8.54. The first-order chi connectivity index (χ1) is 10.3. The fourth-order valence-corrected chi connectivity index (χ4v) is 3.25. The van der Waals surface area contributed by atoms with E-state index in [1.165, 1.54) is 18.2 Å². The van der Waals surface area contributed by atoms with Gasteiger partial charge in [-0.1, -0.05) is 29.8 Å². The van der Waals surface area contributed by atoms with Gasteiger partial charge >= 0.3 is 0 Å².